The number of amides is 2. The van der Waals surface area contributed by atoms with Gasteiger partial charge in [0.1, 0.15) is 0 Å². The summed E-state index contributed by atoms with van der Waals surface area (Å²) < 4.78 is 0. The van der Waals surface area contributed by atoms with Gasteiger partial charge < -0.3 is 45.9 Å². The molecule has 2 N–H and O–H groups in total. The number of carbonyl (C=O) groups excluding carboxylic acids is 2. The van der Waals surface area contributed by atoms with Gasteiger partial charge in [-0.1, -0.05) is 45.4 Å². The summed E-state index contributed by atoms with van der Waals surface area (Å²) in [4.78, 5) is 16.9. The van der Waals surface area contributed by atoms with Gasteiger partial charge in [-0.2, -0.15) is 5.57 Å². The van der Waals surface area contributed by atoms with Crippen molar-refractivity contribution >= 4 is 12.8 Å². The molecular formula is C13H19Cl2N2O2Ti-3. The molecule has 0 fully saturated rings. The van der Waals surface area contributed by atoms with Crippen molar-refractivity contribution < 1.29 is 56.1 Å². The molecule has 2 aliphatic carbocycles. The van der Waals surface area contributed by atoms with Crippen LogP contribution in [0.15, 0.2) is 16.7 Å². The van der Waals surface area contributed by atoms with Crippen LogP contribution in [0.2, 0.25) is 0 Å². The van der Waals surface area contributed by atoms with Crippen LogP contribution < -0.4 is 24.8 Å². The van der Waals surface area contributed by atoms with Crippen molar-refractivity contribution in [3.63, 3.8) is 0 Å². The van der Waals surface area contributed by atoms with E-state index < -0.39 is 0 Å². The molecule has 0 aromatic rings. The molecule has 7 heteroatoms. The second-order valence-corrected chi connectivity index (χ2v) is 3.98. The van der Waals surface area contributed by atoms with Crippen LogP contribution in [-0.4, -0.2) is 12.8 Å². The van der Waals surface area contributed by atoms with E-state index in [0.717, 1.165) is 0 Å². The SMILES string of the molecule is CC1=[C-]C2=C(CCCC2)C1C.[Cl-].[Cl-].[NH-]C=O.[NH-]C=O.[Ti+2]. The monoisotopic (exact) mass is 353 g/mol. The van der Waals surface area contributed by atoms with Crippen molar-refractivity contribution in [1.29, 1.82) is 0 Å². The molecule has 0 aromatic heterocycles. The molecule has 1 unspecified atom stereocenters. The van der Waals surface area contributed by atoms with Crippen LogP contribution in [0, 0.1) is 12.0 Å². The molecule has 0 aliphatic heterocycles. The molecule has 0 radical (unpaired) electrons. The van der Waals surface area contributed by atoms with E-state index in [0.29, 0.717) is 5.92 Å². The Hall–Kier alpha value is -0.286. The van der Waals surface area contributed by atoms with Gasteiger partial charge >= 0.3 is 21.7 Å². The standard InChI is InChI=1S/C11H15.2CH3NO.2ClH.Ti/c1-8-7-10-5-3-4-6-11(10)9(8)2;2*2-1-3;;;/h9H,3-6H2,1-2H3;2*1H,(H2,2,3);2*1H;/q-1;;;;;+2/p-4. The third kappa shape index (κ3) is 9.59. The second-order valence-electron chi connectivity index (χ2n) is 3.98. The first-order chi connectivity index (χ1) is 8.12. The van der Waals surface area contributed by atoms with Gasteiger partial charge in [-0.3, -0.25) is 0 Å². The first-order valence-electron chi connectivity index (χ1n) is 5.66. The maximum atomic E-state index is 8.47. The van der Waals surface area contributed by atoms with Crippen LogP contribution in [0.1, 0.15) is 39.5 Å². The predicted octanol–water partition coefficient (Wildman–Crippen LogP) is -2.35. The predicted molar refractivity (Wildman–Crippen MR) is 67.9 cm³/mol. The normalized spacial score (nSPS) is 17.9. The van der Waals surface area contributed by atoms with E-state index in [1.807, 2.05) is 0 Å². The molecular weight excluding hydrogens is 335 g/mol. The minimum atomic E-state index is 0. The molecule has 20 heavy (non-hydrogen) atoms. The molecule has 0 bridgehead atoms. The smallest absolute Gasteiger partial charge is 1.00 e. The Bertz CT molecular complexity index is 328. The van der Waals surface area contributed by atoms with E-state index in [9.17, 15) is 0 Å². The average molecular weight is 354 g/mol. The Morgan fingerprint density at radius 1 is 1.10 bits per heavy atom. The summed E-state index contributed by atoms with van der Waals surface area (Å²) in [5, 5.41) is 0. The van der Waals surface area contributed by atoms with Crippen molar-refractivity contribution in [1.82, 2.24) is 0 Å². The maximum Gasteiger partial charge on any atom is 2.00 e. The van der Waals surface area contributed by atoms with Gasteiger partial charge in [0, 0.05) is 12.8 Å². The summed E-state index contributed by atoms with van der Waals surface area (Å²) in [5.41, 5.74) is 15.7. The third-order valence-electron chi connectivity index (χ3n) is 3.03. The molecule has 0 saturated carbocycles. The second kappa shape index (κ2) is 16.8. The summed E-state index contributed by atoms with van der Waals surface area (Å²) in [5.74, 6) is 0.713. The van der Waals surface area contributed by atoms with Crippen molar-refractivity contribution in [2.75, 3.05) is 0 Å². The summed E-state index contributed by atoms with van der Waals surface area (Å²) >= 11 is 0. The van der Waals surface area contributed by atoms with Crippen LogP contribution >= 0.6 is 0 Å². The summed E-state index contributed by atoms with van der Waals surface area (Å²) in [6, 6.07) is 0. The van der Waals surface area contributed by atoms with Gasteiger partial charge in [0.25, 0.3) is 0 Å². The van der Waals surface area contributed by atoms with E-state index in [1.54, 1.807) is 11.1 Å². The van der Waals surface area contributed by atoms with Crippen LogP contribution in [0.25, 0.3) is 11.5 Å². The zero-order valence-electron chi connectivity index (χ0n) is 11.6. The molecule has 1 atom stereocenters. The zero-order chi connectivity index (χ0) is 13.3. The minimum absolute atomic E-state index is 0. The fourth-order valence-corrected chi connectivity index (χ4v) is 2.16. The van der Waals surface area contributed by atoms with Gasteiger partial charge in [-0.05, 0) is 0 Å². The Balaban J connectivity index is -0.000000125. The molecule has 2 rings (SSSR count). The Labute approximate surface area is 148 Å². The molecule has 0 heterocycles. The summed E-state index contributed by atoms with van der Waals surface area (Å²) in [6.45, 7) is 4.53. The minimum Gasteiger partial charge on any atom is -1.00 e. The Morgan fingerprint density at radius 3 is 1.90 bits per heavy atom. The quantitative estimate of drug-likeness (QED) is 0.277. The molecule has 2 amide bonds. The zero-order valence-corrected chi connectivity index (χ0v) is 14.7. The fourth-order valence-electron chi connectivity index (χ4n) is 2.16. The van der Waals surface area contributed by atoms with E-state index >= 15 is 0 Å². The molecule has 0 saturated heterocycles. The van der Waals surface area contributed by atoms with Crippen molar-refractivity contribution in [3.8, 4) is 0 Å². The number of rotatable bonds is 0. The van der Waals surface area contributed by atoms with Gasteiger partial charge in [-0.15, -0.1) is 0 Å². The third-order valence-corrected chi connectivity index (χ3v) is 3.03. The van der Waals surface area contributed by atoms with Gasteiger partial charge in [0.15, 0.2) is 0 Å². The van der Waals surface area contributed by atoms with Gasteiger partial charge in [-0.25, -0.2) is 17.2 Å². The molecule has 0 aromatic carbocycles. The van der Waals surface area contributed by atoms with Crippen LogP contribution in [0.3, 0.4) is 0 Å². The van der Waals surface area contributed by atoms with Crippen LogP contribution in [-0.2, 0) is 31.3 Å². The molecule has 4 nitrogen and oxygen atoms in total. The number of halogens is 2. The number of carbonyl (C=O) groups is 2. The van der Waals surface area contributed by atoms with E-state index in [4.69, 9.17) is 21.1 Å². The number of allylic oxidation sites excluding steroid dienone is 4. The first-order valence-corrected chi connectivity index (χ1v) is 5.66. The van der Waals surface area contributed by atoms with Crippen molar-refractivity contribution in [2.45, 2.75) is 39.5 Å². The van der Waals surface area contributed by atoms with Crippen LogP contribution in [0.4, 0.5) is 0 Å². The Morgan fingerprint density at radius 2 is 1.50 bits per heavy atom. The van der Waals surface area contributed by atoms with Crippen LogP contribution in [0.5, 0.6) is 0 Å². The molecule has 0 spiro atoms. The van der Waals surface area contributed by atoms with E-state index in [2.05, 4.69) is 19.9 Å². The summed E-state index contributed by atoms with van der Waals surface area (Å²) in [7, 11) is 0. The maximum absolute atomic E-state index is 8.47. The van der Waals surface area contributed by atoms with Crippen molar-refractivity contribution in [3.05, 3.63) is 34.3 Å². The number of hydrogen-bond acceptors (Lipinski definition) is 2. The summed E-state index contributed by atoms with van der Waals surface area (Å²) in [6.07, 6.45) is 8.91. The van der Waals surface area contributed by atoms with Gasteiger partial charge in [0.2, 0.25) is 0 Å². The van der Waals surface area contributed by atoms with Crippen molar-refractivity contribution in [2.24, 2.45) is 5.92 Å². The average Bonchev–Trinajstić information content (AvgIpc) is 2.58. The topological polar surface area (TPSA) is 81.7 Å². The Kier molecular flexibility index (Phi) is 23.4. The number of nitrogens with one attached hydrogen (secondary N) is 2. The molecule has 2 aliphatic rings. The van der Waals surface area contributed by atoms with E-state index in [-0.39, 0.29) is 59.4 Å². The van der Waals surface area contributed by atoms with E-state index in [1.165, 1.54) is 31.3 Å². The number of hydrogen-bond donors (Lipinski definition) is 0. The first kappa shape index (κ1) is 28.0. The molecule has 114 valence electrons. The van der Waals surface area contributed by atoms with Gasteiger partial charge in [0.05, 0.1) is 0 Å². The fraction of sp³-hybridized carbons (Fsp3) is 0.538. The largest absolute Gasteiger partial charge is 2.00 e.